The van der Waals surface area contributed by atoms with Gasteiger partial charge in [-0.05, 0) is 30.7 Å². The third kappa shape index (κ3) is 7.52. The summed E-state index contributed by atoms with van der Waals surface area (Å²) in [5.41, 5.74) is 6.46. The molecule has 2 aromatic heterocycles. The molecule has 196 valence electrons. The summed E-state index contributed by atoms with van der Waals surface area (Å²) in [6.07, 6.45) is 1.06. The molecule has 0 aliphatic heterocycles. The first-order valence-corrected chi connectivity index (χ1v) is 11.3. The Labute approximate surface area is 209 Å². The first kappa shape index (κ1) is 27.2. The first-order valence-electron chi connectivity index (χ1n) is 11.3. The number of ketones is 1. The van der Waals surface area contributed by atoms with Gasteiger partial charge in [0.25, 0.3) is 5.56 Å². The molecule has 3 aromatic rings. The van der Waals surface area contributed by atoms with Crippen molar-refractivity contribution in [2.75, 3.05) is 37.5 Å². The van der Waals surface area contributed by atoms with Gasteiger partial charge in [-0.2, -0.15) is 4.98 Å². The molecular weight excluding hydrogens is 488 g/mol. The number of aromatic amines is 1. The Hall–Kier alpha value is -4.43. The van der Waals surface area contributed by atoms with Gasteiger partial charge in [0.15, 0.2) is 16.9 Å². The number of carbonyl (C=O) groups excluding carboxylic acids is 3. The summed E-state index contributed by atoms with van der Waals surface area (Å²) in [5.74, 6) is -3.42. The molecule has 1 atom stereocenters. The highest BCUT2D eigenvalue weighted by molar-refractivity contribution is 6.08. The molecule has 0 bridgehead atoms. The number of carbonyl (C=O) groups is 3. The molecular formula is C23H26N6O8. The van der Waals surface area contributed by atoms with Gasteiger partial charge < -0.3 is 30.7 Å². The van der Waals surface area contributed by atoms with Gasteiger partial charge in [0.1, 0.15) is 19.1 Å². The van der Waals surface area contributed by atoms with Crippen LogP contribution < -0.4 is 16.6 Å². The lowest BCUT2D eigenvalue weighted by atomic mass is 9.93. The van der Waals surface area contributed by atoms with Crippen molar-refractivity contribution in [3.8, 4) is 0 Å². The lowest BCUT2D eigenvalue weighted by Crippen LogP contribution is -2.28. The van der Waals surface area contributed by atoms with Crippen LogP contribution in [0.4, 0.5) is 11.6 Å². The van der Waals surface area contributed by atoms with Crippen LogP contribution in [0.15, 0.2) is 35.3 Å². The van der Waals surface area contributed by atoms with Gasteiger partial charge in [0.05, 0.1) is 31.6 Å². The second-order valence-corrected chi connectivity index (χ2v) is 7.71. The van der Waals surface area contributed by atoms with Crippen molar-refractivity contribution in [1.82, 2.24) is 19.9 Å². The van der Waals surface area contributed by atoms with Gasteiger partial charge in [-0.15, -0.1) is 0 Å². The van der Waals surface area contributed by atoms with Crippen LogP contribution in [-0.4, -0.2) is 74.3 Å². The van der Waals surface area contributed by atoms with Crippen LogP contribution in [0.25, 0.3) is 11.2 Å². The number of nitrogens with two attached hydrogens (primary N) is 1. The number of aliphatic hydroxyl groups excluding tert-OH is 2. The molecule has 0 aliphatic rings. The Morgan fingerprint density at radius 2 is 1.76 bits per heavy atom. The predicted octanol–water partition coefficient (Wildman–Crippen LogP) is -0.442. The molecule has 37 heavy (non-hydrogen) atoms. The molecule has 0 amide bonds. The number of anilines is 2. The number of nitrogens with zero attached hydrogens (tertiary/aromatic N) is 3. The maximum absolute atomic E-state index is 13.0. The minimum Gasteiger partial charge on any atom is -0.463 e. The lowest BCUT2D eigenvalue weighted by Gasteiger charge is -2.15. The number of hydrogen-bond donors (Lipinski definition) is 5. The average molecular weight is 514 g/mol. The van der Waals surface area contributed by atoms with E-state index >= 15 is 0 Å². The van der Waals surface area contributed by atoms with Crippen LogP contribution in [0.1, 0.15) is 28.9 Å². The van der Waals surface area contributed by atoms with E-state index in [1.807, 2.05) is 0 Å². The summed E-state index contributed by atoms with van der Waals surface area (Å²) in [6.45, 7) is -1.01. The van der Waals surface area contributed by atoms with Crippen LogP contribution in [0.2, 0.25) is 0 Å². The number of ether oxygens (including phenoxy) is 2. The van der Waals surface area contributed by atoms with E-state index in [0.717, 1.165) is 0 Å². The molecule has 14 heteroatoms. The molecule has 0 spiro atoms. The molecule has 0 aliphatic carbocycles. The number of fused-ring (bicyclic) bond motifs is 1. The number of aliphatic hydroxyl groups is 2. The number of rotatable bonds is 13. The van der Waals surface area contributed by atoms with Gasteiger partial charge in [-0.1, -0.05) is 0 Å². The Kier molecular flexibility index (Phi) is 9.57. The number of H-pyrrole nitrogens is 1. The molecule has 6 N–H and O–H groups in total. The number of hydrogen-bond acceptors (Lipinski definition) is 13. The summed E-state index contributed by atoms with van der Waals surface area (Å²) in [6, 6.07) is 6.24. The Balaban J connectivity index is 1.66. The van der Waals surface area contributed by atoms with Crippen molar-refractivity contribution in [3.63, 3.8) is 0 Å². The highest BCUT2D eigenvalue weighted by atomic mass is 16.5. The zero-order valence-electron chi connectivity index (χ0n) is 19.7. The van der Waals surface area contributed by atoms with Gasteiger partial charge in [-0.25, -0.2) is 9.97 Å². The molecule has 14 nitrogen and oxygen atoms in total. The van der Waals surface area contributed by atoms with E-state index in [9.17, 15) is 19.2 Å². The van der Waals surface area contributed by atoms with Gasteiger partial charge in [0.2, 0.25) is 5.95 Å². The van der Waals surface area contributed by atoms with Crippen molar-refractivity contribution in [2.24, 2.45) is 5.92 Å². The van der Waals surface area contributed by atoms with Crippen LogP contribution in [-0.2, 0) is 25.6 Å². The molecule has 0 saturated heterocycles. The smallest absolute Gasteiger partial charge is 0.316 e. The molecule has 0 saturated carbocycles. The summed E-state index contributed by atoms with van der Waals surface area (Å²) in [5, 5.41) is 20.7. The van der Waals surface area contributed by atoms with Crippen molar-refractivity contribution in [3.05, 3.63) is 52.1 Å². The summed E-state index contributed by atoms with van der Waals surface area (Å²) < 4.78 is 9.67. The van der Waals surface area contributed by atoms with Crippen LogP contribution in [0.3, 0.4) is 0 Å². The van der Waals surface area contributed by atoms with E-state index < -0.39 is 35.8 Å². The minimum atomic E-state index is -1.28. The topological polar surface area (TPSA) is 220 Å². The Morgan fingerprint density at radius 3 is 2.46 bits per heavy atom. The van der Waals surface area contributed by atoms with Gasteiger partial charge in [0, 0.05) is 17.7 Å². The third-order valence-corrected chi connectivity index (χ3v) is 5.06. The number of nitrogen functional groups attached to an aromatic ring is 1. The van der Waals surface area contributed by atoms with E-state index in [1.54, 1.807) is 12.1 Å². The zero-order chi connectivity index (χ0) is 26.8. The number of Topliss-reactive ketones (excluding diaryl/α,β-unsaturated/α-hetero) is 1. The molecule has 1 aromatic carbocycles. The van der Waals surface area contributed by atoms with Crippen molar-refractivity contribution in [2.45, 2.75) is 19.4 Å². The SMILES string of the molecule is Nc1nc2ncc(CNc3ccc(C(=O)C(CCC(=O)OCCO)C(=O)OCCO)cc3)nc2c(=O)[nH]1. The fraction of sp³-hybridized carbons (Fsp3) is 0.348. The third-order valence-electron chi connectivity index (χ3n) is 5.06. The number of aromatic nitrogens is 4. The first-order chi connectivity index (χ1) is 17.8. The largest absolute Gasteiger partial charge is 0.463 e. The van der Waals surface area contributed by atoms with E-state index in [-0.39, 0.29) is 61.9 Å². The number of nitrogens with one attached hydrogen (secondary N) is 2. The van der Waals surface area contributed by atoms with Crippen LogP contribution in [0.5, 0.6) is 0 Å². The highest BCUT2D eigenvalue weighted by Crippen LogP contribution is 2.19. The second kappa shape index (κ2) is 13.0. The monoisotopic (exact) mass is 514 g/mol. The van der Waals surface area contributed by atoms with Crippen molar-refractivity contribution < 1.29 is 34.1 Å². The lowest BCUT2D eigenvalue weighted by molar-refractivity contribution is -0.149. The fourth-order valence-corrected chi connectivity index (χ4v) is 3.30. The van der Waals surface area contributed by atoms with E-state index in [1.165, 1.54) is 18.3 Å². The van der Waals surface area contributed by atoms with Gasteiger partial charge >= 0.3 is 11.9 Å². The highest BCUT2D eigenvalue weighted by Gasteiger charge is 2.30. The molecule has 0 fully saturated rings. The average Bonchev–Trinajstić information content (AvgIpc) is 2.89. The van der Waals surface area contributed by atoms with Gasteiger partial charge in [-0.3, -0.25) is 24.2 Å². The second-order valence-electron chi connectivity index (χ2n) is 7.71. The predicted molar refractivity (Wildman–Crippen MR) is 129 cm³/mol. The quantitative estimate of drug-likeness (QED) is 0.111. The maximum atomic E-state index is 13.0. The van der Waals surface area contributed by atoms with E-state index in [2.05, 4.69) is 25.3 Å². The Bertz CT molecular complexity index is 1310. The molecule has 0 radical (unpaired) electrons. The Morgan fingerprint density at radius 1 is 1.05 bits per heavy atom. The maximum Gasteiger partial charge on any atom is 0.316 e. The number of esters is 2. The minimum absolute atomic E-state index is 0.0498. The van der Waals surface area contributed by atoms with Crippen LogP contribution in [0, 0.1) is 5.92 Å². The van der Waals surface area contributed by atoms with E-state index in [0.29, 0.717) is 11.4 Å². The van der Waals surface area contributed by atoms with Crippen LogP contribution >= 0.6 is 0 Å². The molecule has 3 rings (SSSR count). The summed E-state index contributed by atoms with van der Waals surface area (Å²) in [4.78, 5) is 63.8. The van der Waals surface area contributed by atoms with E-state index in [4.69, 9.17) is 25.4 Å². The standard InChI is InChI=1S/C23H26N6O8/c24-23-28-20-18(21(34)29-23)27-15(12-26-20)11-25-14-3-1-13(2-4-14)19(33)16(22(35)37-10-8-31)5-6-17(32)36-9-7-30/h1-4,12,16,25,30-31H,5-11H2,(H3,24,26,28,29,34). The summed E-state index contributed by atoms with van der Waals surface area (Å²) >= 11 is 0. The molecule has 1 unspecified atom stereocenters. The number of benzene rings is 1. The van der Waals surface area contributed by atoms with Crippen molar-refractivity contribution >= 4 is 40.5 Å². The zero-order valence-corrected chi connectivity index (χ0v) is 19.7. The fourth-order valence-electron chi connectivity index (χ4n) is 3.30. The van der Waals surface area contributed by atoms with Crippen molar-refractivity contribution in [1.29, 1.82) is 0 Å². The summed E-state index contributed by atoms with van der Waals surface area (Å²) in [7, 11) is 0. The normalized spacial score (nSPS) is 11.6. The molecule has 2 heterocycles.